The molecule has 1 saturated heterocycles. The van der Waals surface area contributed by atoms with Crippen LogP contribution >= 0.6 is 0 Å². The number of carbonyl (C=O) groups excluding carboxylic acids is 1. The van der Waals surface area contributed by atoms with Crippen LogP contribution in [0.4, 0.5) is 0 Å². The summed E-state index contributed by atoms with van der Waals surface area (Å²) in [7, 11) is 0. The Morgan fingerprint density at radius 2 is 1.79 bits per heavy atom. The van der Waals surface area contributed by atoms with E-state index >= 15 is 0 Å². The minimum Gasteiger partial charge on any atom is -0.481 e. The Hall–Kier alpha value is -1.10. The van der Waals surface area contributed by atoms with Crippen molar-refractivity contribution < 1.29 is 19.4 Å². The third kappa shape index (κ3) is 3.47. The normalized spacial score (nSPS) is 23.7. The Morgan fingerprint density at radius 3 is 2.47 bits per heavy atom. The van der Waals surface area contributed by atoms with Gasteiger partial charge in [0, 0.05) is 26.1 Å². The van der Waals surface area contributed by atoms with Gasteiger partial charge in [-0.25, -0.2) is 0 Å². The van der Waals surface area contributed by atoms with Crippen molar-refractivity contribution in [1.29, 1.82) is 0 Å². The molecule has 0 spiro atoms. The molecule has 1 saturated carbocycles. The van der Waals surface area contributed by atoms with Gasteiger partial charge in [-0.2, -0.15) is 0 Å². The van der Waals surface area contributed by atoms with Crippen molar-refractivity contribution in [2.24, 2.45) is 5.41 Å². The molecule has 1 aliphatic carbocycles. The van der Waals surface area contributed by atoms with E-state index in [0.717, 1.165) is 25.7 Å². The highest BCUT2D eigenvalue weighted by Crippen LogP contribution is 2.40. The van der Waals surface area contributed by atoms with Gasteiger partial charge >= 0.3 is 5.97 Å². The highest BCUT2D eigenvalue weighted by molar-refractivity contribution is 5.85. The van der Waals surface area contributed by atoms with E-state index in [2.05, 4.69) is 0 Å². The predicted molar refractivity (Wildman–Crippen MR) is 69.8 cm³/mol. The molecule has 0 aromatic carbocycles. The zero-order chi connectivity index (χ0) is 13.7. The molecule has 19 heavy (non-hydrogen) atoms. The van der Waals surface area contributed by atoms with Gasteiger partial charge in [-0.3, -0.25) is 9.59 Å². The van der Waals surface area contributed by atoms with E-state index in [-0.39, 0.29) is 12.3 Å². The number of hydrogen-bond acceptors (Lipinski definition) is 3. The summed E-state index contributed by atoms with van der Waals surface area (Å²) in [4.78, 5) is 25.7. The Labute approximate surface area is 113 Å². The fourth-order valence-corrected chi connectivity index (χ4v) is 3.09. The summed E-state index contributed by atoms with van der Waals surface area (Å²) in [5.41, 5.74) is -0.817. The number of amides is 1. The maximum atomic E-state index is 12.3. The Bertz CT molecular complexity index is 328. The molecule has 1 heterocycles. The molecule has 0 radical (unpaired) electrons. The quantitative estimate of drug-likeness (QED) is 0.846. The first-order chi connectivity index (χ1) is 9.14. The molecule has 1 amide bonds. The van der Waals surface area contributed by atoms with Crippen LogP contribution < -0.4 is 0 Å². The summed E-state index contributed by atoms with van der Waals surface area (Å²) < 4.78 is 5.33. The maximum absolute atomic E-state index is 12.3. The van der Waals surface area contributed by atoms with Gasteiger partial charge in [0.25, 0.3) is 0 Å². The highest BCUT2D eigenvalue weighted by Gasteiger charge is 2.42. The molecular weight excluding hydrogens is 246 g/mol. The van der Waals surface area contributed by atoms with Gasteiger partial charge in [0.05, 0.1) is 12.0 Å². The van der Waals surface area contributed by atoms with Gasteiger partial charge in [0.2, 0.25) is 5.91 Å². The van der Waals surface area contributed by atoms with Gasteiger partial charge in [-0.15, -0.1) is 0 Å². The number of rotatable bonds is 3. The lowest BCUT2D eigenvalue weighted by molar-refractivity contribution is -0.156. The summed E-state index contributed by atoms with van der Waals surface area (Å²) in [5, 5.41) is 9.50. The van der Waals surface area contributed by atoms with Crippen LogP contribution in [0.1, 0.15) is 44.9 Å². The number of nitrogens with zero attached hydrogens (tertiary/aromatic N) is 1. The Balaban J connectivity index is 1.99. The summed E-state index contributed by atoms with van der Waals surface area (Å²) in [6, 6.07) is 0. The molecule has 2 fully saturated rings. The molecule has 0 bridgehead atoms. The lowest BCUT2D eigenvalue weighted by Crippen LogP contribution is -2.41. The number of carbonyl (C=O) groups is 2. The summed E-state index contributed by atoms with van der Waals surface area (Å²) in [6.45, 7) is 2.53. The van der Waals surface area contributed by atoms with E-state index in [1.165, 1.54) is 0 Å². The van der Waals surface area contributed by atoms with E-state index in [1.807, 2.05) is 0 Å². The van der Waals surface area contributed by atoms with Crippen LogP contribution in [0.2, 0.25) is 0 Å². The summed E-state index contributed by atoms with van der Waals surface area (Å²) in [6.07, 6.45) is 5.19. The van der Waals surface area contributed by atoms with Crippen LogP contribution in [0.3, 0.4) is 0 Å². The molecule has 108 valence electrons. The first-order valence-corrected chi connectivity index (χ1v) is 7.23. The smallest absolute Gasteiger partial charge is 0.310 e. The van der Waals surface area contributed by atoms with E-state index in [1.54, 1.807) is 4.90 Å². The maximum Gasteiger partial charge on any atom is 0.310 e. The zero-order valence-corrected chi connectivity index (χ0v) is 11.4. The van der Waals surface area contributed by atoms with Gasteiger partial charge in [-0.1, -0.05) is 19.3 Å². The molecule has 0 atom stereocenters. The van der Waals surface area contributed by atoms with Crippen molar-refractivity contribution in [2.75, 3.05) is 26.3 Å². The number of ether oxygens (including phenoxy) is 1. The van der Waals surface area contributed by atoms with Crippen LogP contribution in [-0.4, -0.2) is 48.2 Å². The molecule has 1 N–H and O–H groups in total. The minimum atomic E-state index is -0.817. The molecule has 5 nitrogen and oxygen atoms in total. The molecule has 5 heteroatoms. The second-order valence-corrected chi connectivity index (χ2v) is 5.67. The standard InChI is InChI=1S/C14H23NO4/c16-12(15-7-4-9-19-10-8-15)11-14(13(17)18)5-2-1-3-6-14/h1-11H2,(H,17,18). The van der Waals surface area contributed by atoms with E-state index in [4.69, 9.17) is 4.74 Å². The molecule has 0 aromatic heterocycles. The van der Waals surface area contributed by atoms with E-state index in [9.17, 15) is 14.7 Å². The lowest BCUT2D eigenvalue weighted by Gasteiger charge is -2.34. The number of aliphatic carboxylic acids is 1. The molecule has 0 unspecified atom stereocenters. The van der Waals surface area contributed by atoms with Crippen LogP contribution in [0.5, 0.6) is 0 Å². The monoisotopic (exact) mass is 269 g/mol. The average Bonchev–Trinajstić information content (AvgIpc) is 2.68. The third-order valence-electron chi connectivity index (χ3n) is 4.33. The predicted octanol–water partition coefficient (Wildman–Crippen LogP) is 1.66. The molecule has 2 aliphatic rings. The van der Waals surface area contributed by atoms with Crippen molar-refractivity contribution >= 4 is 11.9 Å². The van der Waals surface area contributed by atoms with Crippen LogP contribution in [0.25, 0.3) is 0 Å². The van der Waals surface area contributed by atoms with Gasteiger partial charge < -0.3 is 14.7 Å². The zero-order valence-electron chi connectivity index (χ0n) is 11.4. The summed E-state index contributed by atoms with van der Waals surface area (Å²) >= 11 is 0. The second kappa shape index (κ2) is 6.37. The Morgan fingerprint density at radius 1 is 1.05 bits per heavy atom. The fourth-order valence-electron chi connectivity index (χ4n) is 3.09. The number of carboxylic acids is 1. The van der Waals surface area contributed by atoms with Crippen molar-refractivity contribution in [3.63, 3.8) is 0 Å². The largest absolute Gasteiger partial charge is 0.481 e. The third-order valence-corrected chi connectivity index (χ3v) is 4.33. The van der Waals surface area contributed by atoms with Crippen molar-refractivity contribution in [3.05, 3.63) is 0 Å². The van der Waals surface area contributed by atoms with Crippen molar-refractivity contribution in [1.82, 2.24) is 4.90 Å². The van der Waals surface area contributed by atoms with Crippen LogP contribution in [0.15, 0.2) is 0 Å². The first kappa shape index (κ1) is 14.3. The molecular formula is C14H23NO4. The highest BCUT2D eigenvalue weighted by atomic mass is 16.5. The summed E-state index contributed by atoms with van der Waals surface area (Å²) in [5.74, 6) is -0.818. The first-order valence-electron chi connectivity index (χ1n) is 7.23. The second-order valence-electron chi connectivity index (χ2n) is 5.67. The van der Waals surface area contributed by atoms with Gasteiger partial charge in [0.1, 0.15) is 0 Å². The fraction of sp³-hybridized carbons (Fsp3) is 0.857. The minimum absolute atomic E-state index is 0.0187. The SMILES string of the molecule is O=C(CC1(C(=O)O)CCCCC1)N1CCCOCC1. The lowest BCUT2D eigenvalue weighted by atomic mass is 9.71. The van der Waals surface area contributed by atoms with E-state index < -0.39 is 11.4 Å². The molecule has 1 aliphatic heterocycles. The van der Waals surface area contributed by atoms with Crippen molar-refractivity contribution in [3.8, 4) is 0 Å². The molecule has 0 aromatic rings. The van der Waals surface area contributed by atoms with Gasteiger partial charge in [-0.05, 0) is 19.3 Å². The van der Waals surface area contributed by atoms with Crippen molar-refractivity contribution in [2.45, 2.75) is 44.9 Å². The van der Waals surface area contributed by atoms with E-state index in [0.29, 0.717) is 39.1 Å². The van der Waals surface area contributed by atoms with Crippen LogP contribution in [0, 0.1) is 5.41 Å². The van der Waals surface area contributed by atoms with Gasteiger partial charge in [0.15, 0.2) is 0 Å². The number of hydrogen-bond donors (Lipinski definition) is 1. The average molecular weight is 269 g/mol. The molecule has 2 rings (SSSR count). The topological polar surface area (TPSA) is 66.8 Å². The van der Waals surface area contributed by atoms with Crippen LogP contribution in [-0.2, 0) is 14.3 Å². The Kier molecular flexibility index (Phi) is 4.80. The number of carboxylic acid groups (broad SMARTS) is 1.